The van der Waals surface area contributed by atoms with Crippen molar-refractivity contribution >= 4 is 11.8 Å². The van der Waals surface area contributed by atoms with Crippen LogP contribution < -0.4 is 5.32 Å². The van der Waals surface area contributed by atoms with Crippen LogP contribution in [-0.2, 0) is 0 Å². The normalized spacial score (nSPS) is 33.3. The second-order valence-corrected chi connectivity index (χ2v) is 8.09. The van der Waals surface area contributed by atoms with E-state index in [0.717, 1.165) is 17.3 Å². The van der Waals surface area contributed by atoms with Gasteiger partial charge in [-0.2, -0.15) is 11.8 Å². The topological polar surface area (TPSA) is 15.3 Å². The van der Waals surface area contributed by atoms with Crippen molar-refractivity contribution in [3.63, 3.8) is 0 Å². The third kappa shape index (κ3) is 3.88. The molecule has 0 spiro atoms. The zero-order chi connectivity index (χ0) is 13.2. The summed E-state index contributed by atoms with van der Waals surface area (Å²) in [6.07, 6.45) is 4.07. The second kappa shape index (κ2) is 6.15. The van der Waals surface area contributed by atoms with Crippen LogP contribution >= 0.6 is 11.8 Å². The van der Waals surface area contributed by atoms with Crippen LogP contribution in [0.5, 0.6) is 0 Å². The van der Waals surface area contributed by atoms with E-state index in [1.54, 1.807) is 0 Å². The van der Waals surface area contributed by atoms with Gasteiger partial charge >= 0.3 is 0 Å². The van der Waals surface area contributed by atoms with E-state index < -0.39 is 0 Å². The molecule has 1 N–H and O–H groups in total. The number of nitrogens with one attached hydrogen (secondary N) is 1. The lowest BCUT2D eigenvalue weighted by atomic mass is 9.86. The summed E-state index contributed by atoms with van der Waals surface area (Å²) in [5.41, 5.74) is 0.443. The van der Waals surface area contributed by atoms with Gasteiger partial charge in [0.1, 0.15) is 0 Å². The van der Waals surface area contributed by atoms with Crippen LogP contribution in [0.1, 0.15) is 47.0 Å². The Bertz CT molecular complexity index is 267. The Kier molecular flexibility index (Phi) is 5.01. The summed E-state index contributed by atoms with van der Waals surface area (Å²) in [5.74, 6) is 1.31. The first kappa shape index (κ1) is 14.7. The largest absolute Gasteiger partial charge is 0.313 e. The van der Waals surface area contributed by atoms with Crippen molar-refractivity contribution < 1.29 is 0 Å². The molecule has 2 fully saturated rings. The van der Waals surface area contributed by atoms with Gasteiger partial charge in [0.25, 0.3) is 0 Å². The van der Waals surface area contributed by atoms with E-state index in [-0.39, 0.29) is 0 Å². The summed E-state index contributed by atoms with van der Waals surface area (Å²) < 4.78 is 0. The molecule has 18 heavy (non-hydrogen) atoms. The predicted molar refractivity (Wildman–Crippen MR) is 82.4 cm³/mol. The highest BCUT2D eigenvalue weighted by Gasteiger charge is 2.33. The maximum Gasteiger partial charge on any atom is 0.0184 e. The Morgan fingerprint density at radius 3 is 2.67 bits per heavy atom. The molecule has 0 amide bonds. The smallest absolute Gasteiger partial charge is 0.0184 e. The molecule has 3 unspecified atom stereocenters. The fraction of sp³-hybridized carbons (Fsp3) is 1.00. The molecule has 1 heterocycles. The molecular weight excluding hydrogens is 240 g/mol. The first-order valence-electron chi connectivity index (χ1n) is 7.63. The van der Waals surface area contributed by atoms with E-state index in [9.17, 15) is 0 Å². The predicted octanol–water partition coefficient (Wildman–Crippen LogP) is 2.98. The maximum absolute atomic E-state index is 3.73. The lowest BCUT2D eigenvalue weighted by molar-refractivity contribution is 0.122. The zero-order valence-corrected chi connectivity index (χ0v) is 13.4. The van der Waals surface area contributed by atoms with Gasteiger partial charge < -0.3 is 5.32 Å². The standard InChI is InChI=1S/C15H30N2S/c1-5-15(4,10-16-14-6-7-14)11-17-8-9-18-13(3)12(17)2/h12-14,16H,5-11H2,1-4H3. The molecule has 1 aliphatic heterocycles. The molecule has 2 nitrogen and oxygen atoms in total. The maximum atomic E-state index is 3.73. The highest BCUT2D eigenvalue weighted by molar-refractivity contribution is 8.00. The van der Waals surface area contributed by atoms with E-state index in [1.807, 2.05) is 0 Å². The Balaban J connectivity index is 1.86. The first-order chi connectivity index (χ1) is 8.54. The van der Waals surface area contributed by atoms with Crippen molar-refractivity contribution in [1.29, 1.82) is 0 Å². The molecule has 0 radical (unpaired) electrons. The molecule has 0 bridgehead atoms. The van der Waals surface area contributed by atoms with Crippen LogP contribution in [0.3, 0.4) is 0 Å². The van der Waals surface area contributed by atoms with E-state index >= 15 is 0 Å². The van der Waals surface area contributed by atoms with Crippen LogP contribution in [0.4, 0.5) is 0 Å². The van der Waals surface area contributed by atoms with Gasteiger partial charge in [-0.05, 0) is 31.6 Å². The molecule has 1 aliphatic carbocycles. The molecule has 0 aromatic carbocycles. The van der Waals surface area contributed by atoms with Crippen LogP contribution in [0.25, 0.3) is 0 Å². The molecule has 0 aromatic heterocycles. The fourth-order valence-electron chi connectivity index (χ4n) is 2.68. The fourth-order valence-corrected chi connectivity index (χ4v) is 3.84. The van der Waals surface area contributed by atoms with Crippen LogP contribution in [-0.4, -0.2) is 47.6 Å². The lowest BCUT2D eigenvalue weighted by Crippen LogP contribution is -2.51. The molecular formula is C15H30N2S. The van der Waals surface area contributed by atoms with Crippen molar-refractivity contribution in [3.8, 4) is 0 Å². The van der Waals surface area contributed by atoms with Crippen molar-refractivity contribution in [1.82, 2.24) is 10.2 Å². The van der Waals surface area contributed by atoms with Crippen LogP contribution in [0.15, 0.2) is 0 Å². The molecule has 2 aliphatic rings. The Labute approximate surface area is 117 Å². The molecule has 0 aromatic rings. The number of nitrogens with zero attached hydrogens (tertiary/aromatic N) is 1. The average Bonchev–Trinajstić information content (AvgIpc) is 3.17. The first-order valence-corrected chi connectivity index (χ1v) is 8.68. The van der Waals surface area contributed by atoms with E-state index in [0.29, 0.717) is 5.41 Å². The minimum atomic E-state index is 0.443. The van der Waals surface area contributed by atoms with Gasteiger partial charge in [0.2, 0.25) is 0 Å². The number of thioether (sulfide) groups is 1. The molecule has 3 atom stereocenters. The number of rotatable bonds is 6. The number of hydrogen-bond acceptors (Lipinski definition) is 3. The third-order valence-corrected chi connectivity index (χ3v) is 6.19. The van der Waals surface area contributed by atoms with Gasteiger partial charge in [0.05, 0.1) is 0 Å². The van der Waals surface area contributed by atoms with Gasteiger partial charge in [-0.1, -0.05) is 20.8 Å². The van der Waals surface area contributed by atoms with Gasteiger partial charge in [-0.3, -0.25) is 4.90 Å². The van der Waals surface area contributed by atoms with Gasteiger partial charge in [0, 0.05) is 42.7 Å². The van der Waals surface area contributed by atoms with Gasteiger partial charge in [0.15, 0.2) is 0 Å². The molecule has 106 valence electrons. The summed E-state index contributed by atoms with van der Waals surface area (Å²) in [7, 11) is 0. The van der Waals surface area contributed by atoms with Crippen molar-refractivity contribution in [2.75, 3.05) is 25.4 Å². The zero-order valence-electron chi connectivity index (χ0n) is 12.5. The summed E-state index contributed by atoms with van der Waals surface area (Å²) >= 11 is 2.13. The van der Waals surface area contributed by atoms with Crippen molar-refractivity contribution in [2.24, 2.45) is 5.41 Å². The summed E-state index contributed by atoms with van der Waals surface area (Å²) in [6.45, 7) is 13.3. The highest BCUT2D eigenvalue weighted by atomic mass is 32.2. The summed E-state index contributed by atoms with van der Waals surface area (Å²) in [4.78, 5) is 2.72. The highest BCUT2D eigenvalue weighted by Crippen LogP contribution is 2.30. The molecule has 2 rings (SSSR count). The molecule has 1 saturated heterocycles. The second-order valence-electron chi connectivity index (χ2n) is 6.61. The molecule has 3 heteroatoms. The Morgan fingerprint density at radius 2 is 2.06 bits per heavy atom. The summed E-state index contributed by atoms with van der Waals surface area (Å²) in [6, 6.07) is 1.57. The average molecular weight is 270 g/mol. The summed E-state index contributed by atoms with van der Waals surface area (Å²) in [5, 5.41) is 4.52. The van der Waals surface area contributed by atoms with Crippen LogP contribution in [0, 0.1) is 5.41 Å². The van der Waals surface area contributed by atoms with Gasteiger partial charge in [-0.25, -0.2) is 0 Å². The SMILES string of the molecule is CCC(C)(CNC1CC1)CN1CCSC(C)C1C. The van der Waals surface area contributed by atoms with Crippen molar-refractivity contribution in [3.05, 3.63) is 0 Å². The monoisotopic (exact) mass is 270 g/mol. The Morgan fingerprint density at radius 1 is 1.33 bits per heavy atom. The van der Waals surface area contributed by atoms with Crippen molar-refractivity contribution in [2.45, 2.75) is 64.3 Å². The Hall–Kier alpha value is 0.270. The quantitative estimate of drug-likeness (QED) is 0.799. The minimum absolute atomic E-state index is 0.443. The van der Waals surface area contributed by atoms with E-state index in [1.165, 1.54) is 44.6 Å². The van der Waals surface area contributed by atoms with E-state index in [4.69, 9.17) is 0 Å². The van der Waals surface area contributed by atoms with Crippen LogP contribution in [0.2, 0.25) is 0 Å². The third-order valence-electron chi connectivity index (χ3n) is 4.85. The number of hydrogen-bond donors (Lipinski definition) is 1. The lowest BCUT2D eigenvalue weighted by Gasteiger charge is -2.43. The van der Waals surface area contributed by atoms with Gasteiger partial charge in [-0.15, -0.1) is 0 Å². The minimum Gasteiger partial charge on any atom is -0.313 e. The molecule has 1 saturated carbocycles. The van der Waals surface area contributed by atoms with E-state index in [2.05, 4.69) is 49.7 Å².